The number of nitrogens with zero attached hydrogens (tertiary/aromatic N) is 2. The molecule has 2 unspecified atom stereocenters. The van der Waals surface area contributed by atoms with Gasteiger partial charge in [-0.15, -0.1) is 0 Å². The number of aliphatic hydroxyl groups is 2. The summed E-state index contributed by atoms with van der Waals surface area (Å²) < 4.78 is 0. The molecule has 3 heterocycles. The first-order chi connectivity index (χ1) is 16.5. The van der Waals surface area contributed by atoms with Crippen molar-refractivity contribution in [2.75, 3.05) is 13.1 Å². The van der Waals surface area contributed by atoms with E-state index >= 15 is 0 Å². The quantitative estimate of drug-likeness (QED) is 0.622. The second-order valence-corrected chi connectivity index (χ2v) is 9.70. The summed E-state index contributed by atoms with van der Waals surface area (Å²) in [5.74, 6) is -0.223. The molecule has 6 rings (SSSR count). The summed E-state index contributed by atoms with van der Waals surface area (Å²) >= 11 is 0. The van der Waals surface area contributed by atoms with E-state index in [0.29, 0.717) is 19.5 Å². The lowest BCUT2D eigenvalue weighted by atomic mass is 9.88. The van der Waals surface area contributed by atoms with Crippen LogP contribution in [0.25, 0.3) is 0 Å². The summed E-state index contributed by atoms with van der Waals surface area (Å²) in [6, 6.07) is 20.1. The van der Waals surface area contributed by atoms with Gasteiger partial charge >= 0.3 is 0 Å². The van der Waals surface area contributed by atoms with E-state index in [1.54, 1.807) is 12.2 Å². The third-order valence-corrected chi connectivity index (χ3v) is 7.71. The van der Waals surface area contributed by atoms with Crippen LogP contribution in [0.2, 0.25) is 0 Å². The van der Waals surface area contributed by atoms with Crippen LogP contribution in [0.5, 0.6) is 0 Å². The second kappa shape index (κ2) is 8.15. The van der Waals surface area contributed by atoms with Gasteiger partial charge in [-0.1, -0.05) is 60.7 Å². The number of carbonyl (C=O) groups is 1. The molecule has 34 heavy (non-hydrogen) atoms. The van der Waals surface area contributed by atoms with Crippen LogP contribution >= 0.6 is 0 Å². The third kappa shape index (κ3) is 3.37. The van der Waals surface area contributed by atoms with Crippen LogP contribution in [0, 0.1) is 5.92 Å². The van der Waals surface area contributed by atoms with Crippen LogP contribution in [0.15, 0.2) is 96.0 Å². The summed E-state index contributed by atoms with van der Waals surface area (Å²) in [5.41, 5.74) is 2.75. The minimum absolute atomic E-state index is 0.0397. The monoisotopic (exact) mass is 455 g/mol. The van der Waals surface area contributed by atoms with Gasteiger partial charge in [0.2, 0.25) is 5.91 Å². The molecule has 1 amide bonds. The van der Waals surface area contributed by atoms with E-state index in [2.05, 4.69) is 28.4 Å². The highest BCUT2D eigenvalue weighted by molar-refractivity contribution is 5.84. The van der Waals surface area contributed by atoms with Crippen molar-refractivity contribution >= 4 is 5.91 Å². The first-order valence-corrected chi connectivity index (χ1v) is 12.0. The topological polar surface area (TPSA) is 76.0 Å². The van der Waals surface area contributed by atoms with E-state index in [0.717, 1.165) is 24.1 Å². The van der Waals surface area contributed by atoms with Gasteiger partial charge in [0, 0.05) is 25.6 Å². The van der Waals surface area contributed by atoms with E-state index in [-0.39, 0.29) is 35.4 Å². The lowest BCUT2D eigenvalue weighted by molar-refractivity contribution is -0.145. The Kier molecular flexibility index (Phi) is 5.08. The van der Waals surface area contributed by atoms with Gasteiger partial charge in [-0.05, 0) is 47.8 Å². The molecule has 3 aliphatic heterocycles. The number of carbonyl (C=O) groups excluding carboxylic acids is 1. The van der Waals surface area contributed by atoms with Crippen molar-refractivity contribution in [1.29, 1.82) is 0 Å². The summed E-state index contributed by atoms with van der Waals surface area (Å²) in [4.78, 5) is 17.9. The SMILES string of the molecule is O=C1[C@@H]2CC3/C=C(O)\C(O)=C/C4=CC3(NCCc3ccccc3)N2[C@H]4CN1Cc1ccccc1. The van der Waals surface area contributed by atoms with Crippen molar-refractivity contribution in [1.82, 2.24) is 15.1 Å². The lowest BCUT2D eigenvalue weighted by Gasteiger charge is -2.46. The van der Waals surface area contributed by atoms with Crippen LogP contribution in [-0.4, -0.2) is 56.8 Å². The van der Waals surface area contributed by atoms with Crippen LogP contribution in [-0.2, 0) is 17.8 Å². The molecule has 0 radical (unpaired) electrons. The molecule has 6 nitrogen and oxygen atoms in total. The first-order valence-electron chi connectivity index (χ1n) is 12.0. The number of piperazine rings is 1. The van der Waals surface area contributed by atoms with Crippen LogP contribution < -0.4 is 5.32 Å². The van der Waals surface area contributed by atoms with Crippen molar-refractivity contribution < 1.29 is 15.0 Å². The Labute approximate surface area is 199 Å². The first kappa shape index (κ1) is 21.2. The smallest absolute Gasteiger partial charge is 0.240 e. The van der Waals surface area contributed by atoms with Gasteiger partial charge in [0.15, 0.2) is 11.5 Å². The van der Waals surface area contributed by atoms with Crippen LogP contribution in [0.4, 0.5) is 0 Å². The van der Waals surface area contributed by atoms with Crippen molar-refractivity contribution in [3.05, 3.63) is 107 Å². The predicted molar refractivity (Wildman–Crippen MR) is 130 cm³/mol. The maximum absolute atomic E-state index is 13.7. The van der Waals surface area contributed by atoms with Gasteiger partial charge in [-0.2, -0.15) is 0 Å². The van der Waals surface area contributed by atoms with E-state index in [4.69, 9.17) is 0 Å². The second-order valence-electron chi connectivity index (χ2n) is 9.70. The molecule has 2 aromatic rings. The Morgan fingerprint density at radius 3 is 2.38 bits per heavy atom. The number of amides is 1. The molecule has 174 valence electrons. The Hall–Kier alpha value is -3.35. The van der Waals surface area contributed by atoms with Crippen molar-refractivity contribution in [3.8, 4) is 0 Å². The minimum Gasteiger partial charge on any atom is -0.504 e. The average Bonchev–Trinajstić information content (AvgIpc) is 3.32. The highest BCUT2D eigenvalue weighted by Gasteiger charge is 2.62. The summed E-state index contributed by atoms with van der Waals surface area (Å²) in [6.07, 6.45) is 7.04. The molecule has 3 N–H and O–H groups in total. The molecule has 6 heteroatoms. The standard InChI is InChI=1S/C28H29N3O3/c32-25-13-21-16-28(29-12-11-19-7-3-1-4-8-19)22(15-26(25)33)14-23-27(34)30(18-24(21)31(23)28)17-20-9-5-2-6-10-20/h1-10,13,15-16,22-24,29,32-33H,11-12,14,17-18H2/b25-13+,26-15+/t22?,23-,24-,28?/m0/s1. The zero-order chi connectivity index (χ0) is 23.3. The number of hydrogen-bond donors (Lipinski definition) is 3. The fraction of sp³-hybridized carbons (Fsp3) is 0.321. The minimum atomic E-state index is -0.556. The number of aliphatic hydroxyl groups excluding tert-OH is 2. The van der Waals surface area contributed by atoms with Gasteiger partial charge in [0.05, 0.1) is 17.7 Å². The fourth-order valence-corrected chi connectivity index (χ4v) is 6.19. The molecular weight excluding hydrogens is 426 g/mol. The highest BCUT2D eigenvalue weighted by Crippen LogP contribution is 2.51. The molecule has 2 saturated heterocycles. The Balaban J connectivity index is 1.33. The number of rotatable bonds is 6. The molecule has 4 aliphatic rings. The average molecular weight is 456 g/mol. The van der Waals surface area contributed by atoms with Crippen LogP contribution in [0.3, 0.4) is 0 Å². The molecule has 2 bridgehead atoms. The van der Waals surface area contributed by atoms with Crippen molar-refractivity contribution in [3.63, 3.8) is 0 Å². The maximum atomic E-state index is 13.7. The molecule has 4 atom stereocenters. The maximum Gasteiger partial charge on any atom is 0.240 e. The largest absolute Gasteiger partial charge is 0.504 e. The van der Waals surface area contributed by atoms with Gasteiger partial charge in [0.1, 0.15) is 0 Å². The Morgan fingerprint density at radius 2 is 1.65 bits per heavy atom. The Bertz CT molecular complexity index is 1190. The number of nitrogens with one attached hydrogen (secondary N) is 1. The van der Waals surface area contributed by atoms with E-state index < -0.39 is 5.66 Å². The summed E-state index contributed by atoms with van der Waals surface area (Å²) in [7, 11) is 0. The molecule has 2 aromatic carbocycles. The molecular formula is C28H29N3O3. The number of benzene rings is 2. The van der Waals surface area contributed by atoms with Gasteiger partial charge in [-0.3, -0.25) is 15.0 Å². The van der Waals surface area contributed by atoms with Gasteiger partial charge in [0.25, 0.3) is 0 Å². The van der Waals surface area contributed by atoms with Gasteiger partial charge in [-0.25, -0.2) is 0 Å². The lowest BCUT2D eigenvalue weighted by Crippen LogP contribution is -2.66. The number of fused-ring (bicyclic) bond motifs is 1. The van der Waals surface area contributed by atoms with E-state index in [9.17, 15) is 15.0 Å². The molecule has 0 aromatic heterocycles. The molecule has 0 saturated carbocycles. The molecule has 0 spiro atoms. The Morgan fingerprint density at radius 1 is 0.941 bits per heavy atom. The van der Waals surface area contributed by atoms with Crippen molar-refractivity contribution in [2.24, 2.45) is 5.92 Å². The zero-order valence-electron chi connectivity index (χ0n) is 19.0. The third-order valence-electron chi connectivity index (χ3n) is 7.71. The van der Waals surface area contributed by atoms with E-state index in [1.807, 2.05) is 53.4 Å². The van der Waals surface area contributed by atoms with Crippen LogP contribution in [0.1, 0.15) is 17.5 Å². The van der Waals surface area contributed by atoms with Crippen molar-refractivity contribution in [2.45, 2.75) is 37.1 Å². The highest BCUT2D eigenvalue weighted by atomic mass is 16.3. The molecule has 2 fully saturated rings. The van der Waals surface area contributed by atoms with E-state index in [1.165, 1.54) is 5.56 Å². The summed E-state index contributed by atoms with van der Waals surface area (Å²) in [5, 5.41) is 24.8. The number of hydrogen-bond acceptors (Lipinski definition) is 5. The predicted octanol–water partition coefficient (Wildman–Crippen LogP) is 3.45. The normalized spacial score (nSPS) is 32.9. The summed E-state index contributed by atoms with van der Waals surface area (Å²) in [6.45, 7) is 1.87. The fourth-order valence-electron chi connectivity index (χ4n) is 6.19. The zero-order valence-corrected chi connectivity index (χ0v) is 19.0. The molecule has 1 aliphatic carbocycles. The van der Waals surface area contributed by atoms with Gasteiger partial charge < -0.3 is 15.1 Å².